The SMILES string of the molecule is CCCCCCCC[N+](C)(CBr)CCCCC.Cc1ccc(S(=O)(=O)[O-])cc1. The number of alkyl halides is 1. The van der Waals surface area contributed by atoms with Gasteiger partial charge in [0.1, 0.15) is 15.6 Å². The molecule has 6 heteroatoms. The maximum absolute atomic E-state index is 10.4. The molecular weight excluding hydrogens is 438 g/mol. The first kappa shape index (κ1) is 27.6. The van der Waals surface area contributed by atoms with Gasteiger partial charge in [-0.2, -0.15) is 0 Å². The van der Waals surface area contributed by atoms with Gasteiger partial charge in [-0.1, -0.05) is 63.6 Å². The zero-order valence-corrected chi connectivity index (χ0v) is 20.7. The van der Waals surface area contributed by atoms with Gasteiger partial charge in [0.05, 0.1) is 25.0 Å². The third-order valence-electron chi connectivity index (χ3n) is 4.95. The van der Waals surface area contributed by atoms with Crippen molar-refractivity contribution in [3.8, 4) is 0 Å². The molecule has 0 radical (unpaired) electrons. The van der Waals surface area contributed by atoms with Gasteiger partial charge >= 0.3 is 0 Å². The summed E-state index contributed by atoms with van der Waals surface area (Å²) >= 11 is 3.69. The van der Waals surface area contributed by atoms with Crippen LogP contribution in [0.4, 0.5) is 0 Å². The molecule has 0 saturated heterocycles. The Morgan fingerprint density at radius 1 is 0.857 bits per heavy atom. The lowest BCUT2D eigenvalue weighted by Crippen LogP contribution is -2.44. The van der Waals surface area contributed by atoms with Gasteiger partial charge in [-0.15, -0.1) is 0 Å². The molecule has 1 unspecified atom stereocenters. The van der Waals surface area contributed by atoms with Crippen molar-refractivity contribution in [1.29, 1.82) is 0 Å². The van der Waals surface area contributed by atoms with Gasteiger partial charge in [0.2, 0.25) is 0 Å². The topological polar surface area (TPSA) is 57.2 Å². The Morgan fingerprint density at radius 2 is 1.29 bits per heavy atom. The van der Waals surface area contributed by atoms with Gasteiger partial charge in [-0.3, -0.25) is 0 Å². The molecule has 0 heterocycles. The highest BCUT2D eigenvalue weighted by atomic mass is 79.9. The summed E-state index contributed by atoms with van der Waals surface area (Å²) in [4.78, 5) is -0.178. The third kappa shape index (κ3) is 13.7. The number of rotatable bonds is 13. The Labute approximate surface area is 182 Å². The molecule has 0 aromatic heterocycles. The first-order chi connectivity index (χ1) is 13.2. The predicted octanol–water partition coefficient (Wildman–Crippen LogP) is 6.24. The van der Waals surface area contributed by atoms with E-state index in [-0.39, 0.29) is 4.90 Å². The van der Waals surface area contributed by atoms with Gasteiger partial charge < -0.3 is 9.04 Å². The standard InChI is InChI=1S/C15H33BrN.C7H8O3S/c1-4-6-8-9-10-12-14-17(3,15-16)13-11-7-5-2;1-6-2-4-7(5-3-6)11(8,9)10/h4-15H2,1-3H3;2-5H,1H3,(H,8,9,10)/q+1;/p-1. The normalized spacial score (nSPS) is 13.5. The maximum atomic E-state index is 10.4. The van der Waals surface area contributed by atoms with Crippen LogP contribution in [0, 0.1) is 6.92 Å². The van der Waals surface area contributed by atoms with Crippen LogP contribution in [0.15, 0.2) is 29.2 Å². The van der Waals surface area contributed by atoms with Crippen LogP contribution < -0.4 is 0 Å². The van der Waals surface area contributed by atoms with E-state index in [2.05, 4.69) is 36.8 Å². The lowest BCUT2D eigenvalue weighted by molar-refractivity contribution is -0.896. The van der Waals surface area contributed by atoms with Crippen molar-refractivity contribution < 1.29 is 17.5 Å². The quantitative estimate of drug-likeness (QED) is 0.111. The summed E-state index contributed by atoms with van der Waals surface area (Å²) in [6.07, 6.45) is 12.6. The number of quaternary nitrogens is 1. The number of benzene rings is 1. The average Bonchev–Trinajstić information content (AvgIpc) is 2.65. The third-order valence-corrected chi connectivity index (χ3v) is 7.01. The van der Waals surface area contributed by atoms with Crippen molar-refractivity contribution in [2.24, 2.45) is 0 Å². The second-order valence-electron chi connectivity index (χ2n) is 7.93. The zero-order valence-electron chi connectivity index (χ0n) is 18.3. The molecule has 0 aliphatic heterocycles. The molecule has 1 aromatic carbocycles. The van der Waals surface area contributed by atoms with Crippen LogP contribution in [0.25, 0.3) is 0 Å². The van der Waals surface area contributed by atoms with Crippen molar-refractivity contribution in [2.45, 2.75) is 83.5 Å². The Morgan fingerprint density at radius 3 is 1.75 bits per heavy atom. The van der Waals surface area contributed by atoms with E-state index in [4.69, 9.17) is 0 Å². The summed E-state index contributed by atoms with van der Waals surface area (Å²) in [5.74, 6) is 0. The van der Waals surface area contributed by atoms with Crippen LogP contribution in [0.2, 0.25) is 0 Å². The van der Waals surface area contributed by atoms with Crippen LogP contribution >= 0.6 is 15.9 Å². The highest BCUT2D eigenvalue weighted by Crippen LogP contribution is 2.14. The molecule has 0 aliphatic rings. The summed E-state index contributed by atoms with van der Waals surface area (Å²) in [6, 6.07) is 5.78. The largest absolute Gasteiger partial charge is 0.744 e. The molecule has 0 saturated carbocycles. The van der Waals surface area contributed by atoms with Gasteiger partial charge in [0.25, 0.3) is 0 Å². The van der Waals surface area contributed by atoms with Gasteiger partial charge in [0.15, 0.2) is 0 Å². The van der Waals surface area contributed by atoms with Crippen molar-refractivity contribution in [1.82, 2.24) is 0 Å². The Bertz CT molecular complexity index is 605. The van der Waals surface area contributed by atoms with Crippen LogP contribution in [0.1, 0.15) is 77.2 Å². The summed E-state index contributed by atoms with van der Waals surface area (Å²) in [6.45, 7) is 9.08. The Kier molecular flexibility index (Phi) is 15.2. The Hall–Kier alpha value is -0.430. The van der Waals surface area contributed by atoms with Gasteiger partial charge in [0, 0.05) is 0 Å². The molecule has 1 atom stereocenters. The minimum Gasteiger partial charge on any atom is -0.744 e. The molecule has 0 spiro atoms. The molecule has 1 aromatic rings. The number of aryl methyl sites for hydroxylation is 1. The first-order valence-corrected chi connectivity index (χ1v) is 13.1. The monoisotopic (exact) mass is 477 g/mol. The molecule has 0 aliphatic carbocycles. The molecule has 0 amide bonds. The fourth-order valence-corrected chi connectivity index (χ4v) is 3.92. The van der Waals surface area contributed by atoms with Crippen LogP contribution in [0.3, 0.4) is 0 Å². The number of nitrogens with zero attached hydrogens (tertiary/aromatic N) is 1. The summed E-state index contributed by atoms with van der Waals surface area (Å²) < 4.78 is 32.4. The fourth-order valence-electron chi connectivity index (χ4n) is 2.95. The van der Waals surface area contributed by atoms with Crippen LogP contribution in [0.5, 0.6) is 0 Å². The van der Waals surface area contributed by atoms with E-state index >= 15 is 0 Å². The van der Waals surface area contributed by atoms with E-state index in [0.29, 0.717) is 0 Å². The second-order valence-corrected chi connectivity index (χ2v) is 9.81. The zero-order chi connectivity index (χ0) is 21.5. The van der Waals surface area contributed by atoms with E-state index in [1.165, 1.54) is 87.5 Å². The average molecular weight is 479 g/mol. The highest BCUT2D eigenvalue weighted by Gasteiger charge is 2.18. The van der Waals surface area contributed by atoms with Gasteiger partial charge in [-0.05, 0) is 60.7 Å². The van der Waals surface area contributed by atoms with E-state index in [1.54, 1.807) is 12.1 Å². The van der Waals surface area contributed by atoms with Crippen LogP contribution in [-0.4, -0.2) is 43.0 Å². The predicted molar refractivity (Wildman–Crippen MR) is 122 cm³/mol. The molecule has 28 heavy (non-hydrogen) atoms. The molecule has 164 valence electrons. The summed E-state index contributed by atoms with van der Waals surface area (Å²) in [5, 5.41) is 0. The van der Waals surface area contributed by atoms with Crippen molar-refractivity contribution in [3.63, 3.8) is 0 Å². The lowest BCUT2D eigenvalue weighted by Gasteiger charge is -2.32. The maximum Gasteiger partial charge on any atom is 0.134 e. The van der Waals surface area contributed by atoms with E-state index < -0.39 is 10.1 Å². The Balaban J connectivity index is 0.000000567. The highest BCUT2D eigenvalue weighted by molar-refractivity contribution is 9.09. The molecule has 0 N–H and O–H groups in total. The molecule has 0 fully saturated rings. The number of hydrogen-bond donors (Lipinski definition) is 0. The number of unbranched alkanes of at least 4 members (excludes halogenated alkanes) is 7. The molecule has 1 rings (SSSR count). The molecular formula is C22H40BrNO3S. The summed E-state index contributed by atoms with van der Waals surface area (Å²) in [5.41, 5.74) is 2.04. The van der Waals surface area contributed by atoms with Crippen molar-refractivity contribution >= 4 is 26.0 Å². The summed E-state index contributed by atoms with van der Waals surface area (Å²) in [7, 11) is -1.87. The first-order valence-electron chi connectivity index (χ1n) is 10.6. The van der Waals surface area contributed by atoms with E-state index in [0.717, 1.165) is 11.0 Å². The number of halogens is 1. The lowest BCUT2D eigenvalue weighted by atomic mass is 10.1. The molecule has 4 nitrogen and oxygen atoms in total. The van der Waals surface area contributed by atoms with Crippen molar-refractivity contribution in [3.05, 3.63) is 29.8 Å². The minimum atomic E-state index is -4.27. The number of hydrogen-bond acceptors (Lipinski definition) is 3. The van der Waals surface area contributed by atoms with Gasteiger partial charge in [-0.25, -0.2) is 8.42 Å². The van der Waals surface area contributed by atoms with E-state index in [1.807, 2.05) is 6.92 Å². The van der Waals surface area contributed by atoms with Crippen molar-refractivity contribution in [2.75, 3.05) is 25.6 Å². The van der Waals surface area contributed by atoms with Crippen LogP contribution in [-0.2, 0) is 10.1 Å². The minimum absolute atomic E-state index is 0.178. The second kappa shape index (κ2) is 15.4. The fraction of sp³-hybridized carbons (Fsp3) is 0.727. The van der Waals surface area contributed by atoms with E-state index in [9.17, 15) is 13.0 Å². The molecule has 0 bridgehead atoms. The smallest absolute Gasteiger partial charge is 0.134 e.